The van der Waals surface area contributed by atoms with Crippen molar-refractivity contribution in [2.75, 3.05) is 7.11 Å². The fourth-order valence-corrected chi connectivity index (χ4v) is 2.07. The van der Waals surface area contributed by atoms with Gasteiger partial charge in [-0.2, -0.15) is 0 Å². The van der Waals surface area contributed by atoms with Crippen molar-refractivity contribution >= 4 is 5.97 Å². The van der Waals surface area contributed by atoms with Gasteiger partial charge in [0.15, 0.2) is 0 Å². The normalized spacial score (nSPS) is 10.3. The van der Waals surface area contributed by atoms with E-state index in [1.165, 1.54) is 7.11 Å². The second kappa shape index (κ2) is 5.67. The molecule has 0 bridgehead atoms. The molecule has 0 radical (unpaired) electrons. The smallest absolute Gasteiger partial charge is 0.337 e. The highest BCUT2D eigenvalue weighted by Crippen LogP contribution is 2.25. The summed E-state index contributed by atoms with van der Waals surface area (Å²) in [6, 6.07) is 13.2. The number of benzene rings is 2. The first-order valence-corrected chi connectivity index (χ1v) is 6.05. The van der Waals surface area contributed by atoms with E-state index in [0.29, 0.717) is 5.56 Å². The molecule has 0 saturated heterocycles. The van der Waals surface area contributed by atoms with Crippen molar-refractivity contribution in [1.82, 2.24) is 0 Å². The largest absolute Gasteiger partial charge is 0.465 e. The first kappa shape index (κ1) is 13.3. The highest BCUT2D eigenvalue weighted by molar-refractivity contribution is 5.90. The minimum absolute atomic E-state index is 0.0210. The predicted octanol–water partition coefficient (Wildman–Crippen LogP) is 2.94. The van der Waals surface area contributed by atoms with Gasteiger partial charge in [0.05, 0.1) is 19.3 Å². The van der Waals surface area contributed by atoms with E-state index < -0.39 is 0 Å². The van der Waals surface area contributed by atoms with Gasteiger partial charge in [-0.3, -0.25) is 0 Å². The molecule has 2 aromatic carbocycles. The van der Waals surface area contributed by atoms with Crippen molar-refractivity contribution in [3.63, 3.8) is 0 Å². The first-order chi connectivity index (χ1) is 9.15. The summed E-state index contributed by atoms with van der Waals surface area (Å²) in [6.45, 7) is 1.97. The fourth-order valence-electron chi connectivity index (χ4n) is 2.07. The average molecular weight is 256 g/mol. The molecule has 19 heavy (non-hydrogen) atoms. The van der Waals surface area contributed by atoms with Crippen molar-refractivity contribution < 1.29 is 14.6 Å². The molecule has 98 valence electrons. The number of hydrogen-bond acceptors (Lipinski definition) is 3. The molecule has 0 amide bonds. The number of aryl methyl sites for hydroxylation is 1. The molecular formula is C16H16O3. The maximum Gasteiger partial charge on any atom is 0.337 e. The van der Waals surface area contributed by atoms with Gasteiger partial charge in [-0.1, -0.05) is 24.3 Å². The lowest BCUT2D eigenvalue weighted by Gasteiger charge is -2.09. The Morgan fingerprint density at radius 1 is 1.21 bits per heavy atom. The molecule has 0 aromatic heterocycles. The summed E-state index contributed by atoms with van der Waals surface area (Å²) in [6.07, 6.45) is 0. The zero-order valence-electron chi connectivity index (χ0n) is 11.0. The maximum atomic E-state index is 11.5. The molecule has 0 saturated carbocycles. The fraction of sp³-hybridized carbons (Fsp3) is 0.188. The third kappa shape index (κ3) is 2.83. The minimum Gasteiger partial charge on any atom is -0.465 e. The van der Waals surface area contributed by atoms with Gasteiger partial charge in [-0.15, -0.1) is 0 Å². The second-order valence-electron chi connectivity index (χ2n) is 4.38. The molecule has 0 unspecified atom stereocenters. The standard InChI is InChI=1S/C16H16O3/c1-11-8-14(16(18)19-2)6-7-15(11)13-5-3-4-12(9-13)10-17/h3-9,17H,10H2,1-2H3. The molecule has 0 aliphatic rings. The number of carbonyl (C=O) groups excluding carboxylic acids is 1. The molecule has 0 atom stereocenters. The average Bonchev–Trinajstić information content (AvgIpc) is 2.46. The van der Waals surface area contributed by atoms with E-state index in [9.17, 15) is 4.79 Å². The van der Waals surface area contributed by atoms with Crippen LogP contribution in [0.15, 0.2) is 42.5 Å². The number of rotatable bonds is 3. The van der Waals surface area contributed by atoms with E-state index in [0.717, 1.165) is 22.3 Å². The number of aliphatic hydroxyl groups excluding tert-OH is 1. The van der Waals surface area contributed by atoms with Gasteiger partial charge in [0.25, 0.3) is 0 Å². The minimum atomic E-state index is -0.334. The van der Waals surface area contributed by atoms with Crippen LogP contribution in [0.1, 0.15) is 21.5 Å². The number of hydrogen-bond donors (Lipinski definition) is 1. The molecule has 0 aliphatic heterocycles. The monoisotopic (exact) mass is 256 g/mol. The summed E-state index contributed by atoms with van der Waals surface area (Å²) >= 11 is 0. The number of aliphatic hydroxyl groups is 1. The summed E-state index contributed by atoms with van der Waals surface area (Å²) in [4.78, 5) is 11.5. The van der Waals surface area contributed by atoms with Crippen molar-refractivity contribution in [3.8, 4) is 11.1 Å². The second-order valence-corrected chi connectivity index (χ2v) is 4.38. The summed E-state index contributed by atoms with van der Waals surface area (Å²) in [5, 5.41) is 9.17. The van der Waals surface area contributed by atoms with Crippen LogP contribution in [0.5, 0.6) is 0 Å². The Balaban J connectivity index is 2.42. The van der Waals surface area contributed by atoms with E-state index in [4.69, 9.17) is 9.84 Å². The molecule has 2 aromatic rings. The quantitative estimate of drug-likeness (QED) is 0.859. The van der Waals surface area contributed by atoms with Crippen molar-refractivity contribution in [3.05, 3.63) is 59.2 Å². The van der Waals surface area contributed by atoms with Crippen molar-refractivity contribution in [1.29, 1.82) is 0 Å². The van der Waals surface area contributed by atoms with E-state index in [2.05, 4.69) is 0 Å². The Labute approximate surface area is 112 Å². The molecule has 0 aliphatic carbocycles. The number of esters is 1. The molecular weight excluding hydrogens is 240 g/mol. The zero-order chi connectivity index (χ0) is 13.8. The van der Waals surface area contributed by atoms with Gasteiger partial charge in [0.2, 0.25) is 0 Å². The van der Waals surface area contributed by atoms with Crippen LogP contribution in [0.4, 0.5) is 0 Å². The molecule has 3 heteroatoms. The van der Waals surface area contributed by atoms with Crippen LogP contribution in [-0.2, 0) is 11.3 Å². The lowest BCUT2D eigenvalue weighted by Crippen LogP contribution is -2.01. The van der Waals surface area contributed by atoms with Gasteiger partial charge < -0.3 is 9.84 Å². The number of carbonyl (C=O) groups is 1. The van der Waals surface area contributed by atoms with Gasteiger partial charge in [0.1, 0.15) is 0 Å². The highest BCUT2D eigenvalue weighted by atomic mass is 16.5. The maximum absolute atomic E-state index is 11.5. The lowest BCUT2D eigenvalue weighted by atomic mass is 9.97. The molecule has 2 rings (SSSR count). The molecule has 3 nitrogen and oxygen atoms in total. The van der Waals surface area contributed by atoms with Crippen molar-refractivity contribution in [2.45, 2.75) is 13.5 Å². The highest BCUT2D eigenvalue weighted by Gasteiger charge is 2.08. The SMILES string of the molecule is COC(=O)c1ccc(-c2cccc(CO)c2)c(C)c1. The molecule has 0 fully saturated rings. The van der Waals surface area contributed by atoms with Crippen LogP contribution >= 0.6 is 0 Å². The van der Waals surface area contributed by atoms with E-state index in [1.807, 2.05) is 43.3 Å². The van der Waals surface area contributed by atoms with Crippen LogP contribution in [-0.4, -0.2) is 18.2 Å². The Hall–Kier alpha value is -2.13. The topological polar surface area (TPSA) is 46.5 Å². The van der Waals surface area contributed by atoms with Gasteiger partial charge in [0, 0.05) is 0 Å². The Bertz CT molecular complexity index is 603. The summed E-state index contributed by atoms with van der Waals surface area (Å²) in [5.41, 5.74) is 4.48. The number of methoxy groups -OCH3 is 1. The van der Waals surface area contributed by atoms with Gasteiger partial charge >= 0.3 is 5.97 Å². The third-order valence-corrected chi connectivity index (χ3v) is 3.07. The van der Waals surface area contributed by atoms with Crippen LogP contribution < -0.4 is 0 Å². The molecule has 1 N–H and O–H groups in total. The summed E-state index contributed by atoms with van der Waals surface area (Å²) in [7, 11) is 1.37. The Morgan fingerprint density at radius 3 is 2.63 bits per heavy atom. The van der Waals surface area contributed by atoms with E-state index >= 15 is 0 Å². The summed E-state index contributed by atoms with van der Waals surface area (Å²) in [5.74, 6) is -0.334. The van der Waals surface area contributed by atoms with E-state index in [-0.39, 0.29) is 12.6 Å². The van der Waals surface area contributed by atoms with Gasteiger partial charge in [-0.05, 0) is 47.4 Å². The molecule has 0 spiro atoms. The summed E-state index contributed by atoms with van der Waals surface area (Å²) < 4.78 is 4.70. The lowest BCUT2D eigenvalue weighted by molar-refractivity contribution is 0.0600. The Kier molecular flexibility index (Phi) is 3.97. The van der Waals surface area contributed by atoms with E-state index in [1.54, 1.807) is 6.07 Å². The van der Waals surface area contributed by atoms with Gasteiger partial charge in [-0.25, -0.2) is 4.79 Å². The van der Waals surface area contributed by atoms with Crippen LogP contribution in [0, 0.1) is 6.92 Å². The van der Waals surface area contributed by atoms with Crippen LogP contribution in [0.2, 0.25) is 0 Å². The molecule has 0 heterocycles. The van der Waals surface area contributed by atoms with Crippen LogP contribution in [0.25, 0.3) is 11.1 Å². The predicted molar refractivity (Wildman–Crippen MR) is 73.9 cm³/mol. The Morgan fingerprint density at radius 2 is 2.00 bits per heavy atom. The number of ether oxygens (including phenoxy) is 1. The third-order valence-electron chi connectivity index (χ3n) is 3.07. The van der Waals surface area contributed by atoms with Crippen LogP contribution in [0.3, 0.4) is 0 Å². The van der Waals surface area contributed by atoms with Crippen molar-refractivity contribution in [2.24, 2.45) is 0 Å². The zero-order valence-corrected chi connectivity index (χ0v) is 11.0. The first-order valence-electron chi connectivity index (χ1n) is 6.05.